The van der Waals surface area contributed by atoms with E-state index in [1.165, 1.54) is 10.4 Å². The second-order valence-electron chi connectivity index (χ2n) is 5.77. The Morgan fingerprint density at radius 3 is 3.27 bits per heavy atom. The van der Waals surface area contributed by atoms with Gasteiger partial charge in [-0.25, -0.2) is 0 Å². The SMILES string of the molecule is C[C@H](Cn1cccn1)NCCC(=O)N1CCc2sccc2C1. The normalized spacial score (nSPS) is 15.6. The predicted octanol–water partition coefficient (Wildman–Crippen LogP) is 1.90. The molecule has 6 heteroatoms. The summed E-state index contributed by atoms with van der Waals surface area (Å²) in [4.78, 5) is 15.7. The fourth-order valence-corrected chi connectivity index (χ4v) is 3.69. The third-order valence-electron chi connectivity index (χ3n) is 4.01. The summed E-state index contributed by atoms with van der Waals surface area (Å²) in [6.07, 6.45) is 5.30. The first-order chi connectivity index (χ1) is 10.7. The summed E-state index contributed by atoms with van der Waals surface area (Å²) in [6, 6.07) is 4.37. The van der Waals surface area contributed by atoms with Crippen molar-refractivity contribution in [3.8, 4) is 0 Å². The molecule has 1 aliphatic heterocycles. The van der Waals surface area contributed by atoms with Crippen LogP contribution in [0.15, 0.2) is 29.9 Å². The van der Waals surface area contributed by atoms with E-state index in [4.69, 9.17) is 0 Å². The molecule has 22 heavy (non-hydrogen) atoms. The molecule has 0 fully saturated rings. The van der Waals surface area contributed by atoms with E-state index in [1.54, 1.807) is 17.5 Å². The first-order valence-electron chi connectivity index (χ1n) is 7.76. The molecule has 1 amide bonds. The van der Waals surface area contributed by atoms with Crippen molar-refractivity contribution in [1.82, 2.24) is 20.0 Å². The zero-order chi connectivity index (χ0) is 15.4. The number of carbonyl (C=O) groups excluding carboxylic acids is 1. The third kappa shape index (κ3) is 3.75. The molecule has 0 saturated heterocycles. The quantitative estimate of drug-likeness (QED) is 0.885. The van der Waals surface area contributed by atoms with E-state index in [-0.39, 0.29) is 5.91 Å². The van der Waals surface area contributed by atoms with Crippen LogP contribution in [0.5, 0.6) is 0 Å². The maximum atomic E-state index is 12.3. The van der Waals surface area contributed by atoms with Crippen LogP contribution in [-0.4, -0.2) is 39.7 Å². The molecule has 1 aliphatic rings. The molecule has 1 atom stereocenters. The highest BCUT2D eigenvalue weighted by molar-refractivity contribution is 7.10. The number of hydrogen-bond donors (Lipinski definition) is 1. The number of hydrogen-bond acceptors (Lipinski definition) is 4. The minimum Gasteiger partial charge on any atom is -0.338 e. The monoisotopic (exact) mass is 318 g/mol. The largest absolute Gasteiger partial charge is 0.338 e. The molecule has 0 unspecified atom stereocenters. The molecule has 0 spiro atoms. The molecular formula is C16H22N4OS. The van der Waals surface area contributed by atoms with Gasteiger partial charge in [0.15, 0.2) is 0 Å². The van der Waals surface area contributed by atoms with E-state index < -0.39 is 0 Å². The lowest BCUT2D eigenvalue weighted by Crippen LogP contribution is -2.38. The van der Waals surface area contributed by atoms with Gasteiger partial charge in [0.2, 0.25) is 5.91 Å². The van der Waals surface area contributed by atoms with E-state index in [2.05, 4.69) is 28.8 Å². The lowest BCUT2D eigenvalue weighted by molar-refractivity contribution is -0.132. The van der Waals surface area contributed by atoms with Crippen molar-refractivity contribution in [2.75, 3.05) is 13.1 Å². The van der Waals surface area contributed by atoms with Crippen LogP contribution in [0.3, 0.4) is 0 Å². The Kier molecular flexibility index (Phi) is 4.90. The van der Waals surface area contributed by atoms with Crippen molar-refractivity contribution in [2.24, 2.45) is 0 Å². The molecule has 0 saturated carbocycles. The van der Waals surface area contributed by atoms with Crippen LogP contribution in [0.2, 0.25) is 0 Å². The van der Waals surface area contributed by atoms with E-state index >= 15 is 0 Å². The molecule has 118 valence electrons. The first-order valence-corrected chi connectivity index (χ1v) is 8.64. The fraction of sp³-hybridized carbons (Fsp3) is 0.500. The first kappa shape index (κ1) is 15.2. The molecule has 0 aliphatic carbocycles. The molecule has 2 aromatic rings. The average molecular weight is 318 g/mol. The molecule has 5 nitrogen and oxygen atoms in total. The smallest absolute Gasteiger partial charge is 0.224 e. The minimum atomic E-state index is 0.246. The summed E-state index contributed by atoms with van der Waals surface area (Å²) >= 11 is 1.80. The third-order valence-corrected chi connectivity index (χ3v) is 5.04. The Labute approximate surface area is 134 Å². The van der Waals surface area contributed by atoms with Crippen LogP contribution >= 0.6 is 11.3 Å². The average Bonchev–Trinajstić information content (AvgIpc) is 3.17. The number of aromatic nitrogens is 2. The summed E-state index contributed by atoms with van der Waals surface area (Å²) in [5.74, 6) is 0.246. The standard InChI is InChI=1S/C16H22N4OS/c1-13(11-20-8-2-6-18-20)17-7-3-16(21)19-9-4-15-14(12-19)5-10-22-15/h2,5-6,8,10,13,17H,3-4,7,9,11-12H2,1H3/t13-/m1/s1. The number of fused-ring (bicyclic) bond motifs is 1. The Morgan fingerprint density at radius 2 is 2.45 bits per heavy atom. The summed E-state index contributed by atoms with van der Waals surface area (Å²) < 4.78 is 1.90. The molecule has 1 N–H and O–H groups in total. The lowest BCUT2D eigenvalue weighted by atomic mass is 10.1. The van der Waals surface area contributed by atoms with E-state index in [1.807, 2.05) is 21.8 Å². The molecular weight excluding hydrogens is 296 g/mol. The Hall–Kier alpha value is -1.66. The fourth-order valence-electron chi connectivity index (χ4n) is 2.80. The number of nitrogens with one attached hydrogen (secondary N) is 1. The van der Waals surface area contributed by atoms with Gasteiger partial charge in [-0.2, -0.15) is 5.10 Å². The summed E-state index contributed by atoms with van der Waals surface area (Å²) in [6.45, 7) is 5.29. The maximum absolute atomic E-state index is 12.3. The van der Waals surface area contributed by atoms with E-state index in [0.717, 1.165) is 26.1 Å². The second kappa shape index (κ2) is 7.07. The highest BCUT2D eigenvalue weighted by Crippen LogP contribution is 2.24. The van der Waals surface area contributed by atoms with Crippen LogP contribution in [0.25, 0.3) is 0 Å². The molecule has 0 radical (unpaired) electrons. The number of nitrogens with zero attached hydrogens (tertiary/aromatic N) is 3. The topological polar surface area (TPSA) is 50.2 Å². The second-order valence-corrected chi connectivity index (χ2v) is 6.77. The lowest BCUT2D eigenvalue weighted by Gasteiger charge is -2.27. The van der Waals surface area contributed by atoms with Gasteiger partial charge in [0.05, 0.1) is 6.54 Å². The molecule has 0 aromatic carbocycles. The van der Waals surface area contributed by atoms with Crippen molar-refractivity contribution in [3.63, 3.8) is 0 Å². The number of carbonyl (C=O) groups is 1. The van der Waals surface area contributed by atoms with Gasteiger partial charge in [0.1, 0.15) is 0 Å². The van der Waals surface area contributed by atoms with Gasteiger partial charge in [-0.05, 0) is 36.4 Å². The van der Waals surface area contributed by atoms with Crippen LogP contribution in [0, 0.1) is 0 Å². The van der Waals surface area contributed by atoms with Crippen molar-refractivity contribution >= 4 is 17.2 Å². The van der Waals surface area contributed by atoms with Gasteiger partial charge < -0.3 is 10.2 Å². The van der Waals surface area contributed by atoms with Crippen molar-refractivity contribution in [3.05, 3.63) is 40.3 Å². The molecule has 0 bridgehead atoms. The van der Waals surface area contributed by atoms with Gasteiger partial charge in [0, 0.05) is 49.4 Å². The Bertz CT molecular complexity index is 607. The highest BCUT2D eigenvalue weighted by atomic mass is 32.1. The summed E-state index contributed by atoms with van der Waals surface area (Å²) in [7, 11) is 0. The van der Waals surface area contributed by atoms with Crippen molar-refractivity contribution < 1.29 is 4.79 Å². The molecule has 3 heterocycles. The zero-order valence-electron chi connectivity index (χ0n) is 12.9. The van der Waals surface area contributed by atoms with Crippen LogP contribution in [0.4, 0.5) is 0 Å². The molecule has 3 rings (SSSR count). The van der Waals surface area contributed by atoms with Crippen LogP contribution in [0.1, 0.15) is 23.8 Å². The van der Waals surface area contributed by atoms with Crippen LogP contribution < -0.4 is 5.32 Å². The van der Waals surface area contributed by atoms with Gasteiger partial charge in [0.25, 0.3) is 0 Å². The van der Waals surface area contributed by atoms with E-state index in [0.29, 0.717) is 19.0 Å². The van der Waals surface area contributed by atoms with Crippen LogP contribution in [-0.2, 0) is 24.3 Å². The number of thiophene rings is 1. The zero-order valence-corrected chi connectivity index (χ0v) is 13.7. The highest BCUT2D eigenvalue weighted by Gasteiger charge is 2.21. The van der Waals surface area contributed by atoms with Crippen molar-refractivity contribution in [1.29, 1.82) is 0 Å². The van der Waals surface area contributed by atoms with Gasteiger partial charge in [-0.1, -0.05) is 0 Å². The summed E-state index contributed by atoms with van der Waals surface area (Å²) in [5, 5.41) is 9.71. The van der Waals surface area contributed by atoms with Gasteiger partial charge in [-0.3, -0.25) is 9.48 Å². The maximum Gasteiger partial charge on any atom is 0.224 e. The van der Waals surface area contributed by atoms with Gasteiger partial charge >= 0.3 is 0 Å². The van der Waals surface area contributed by atoms with Gasteiger partial charge in [-0.15, -0.1) is 11.3 Å². The molecule has 2 aromatic heterocycles. The summed E-state index contributed by atoms with van der Waals surface area (Å²) in [5.41, 5.74) is 1.32. The predicted molar refractivity (Wildman–Crippen MR) is 87.7 cm³/mol. The minimum absolute atomic E-state index is 0.246. The van der Waals surface area contributed by atoms with E-state index in [9.17, 15) is 4.79 Å². The van der Waals surface area contributed by atoms with Crippen molar-refractivity contribution in [2.45, 2.75) is 38.9 Å². The number of amides is 1. The Balaban J connectivity index is 1.39. The number of rotatable bonds is 6. The Morgan fingerprint density at radius 1 is 1.55 bits per heavy atom.